The second kappa shape index (κ2) is 4.68. The molecule has 16 heavy (non-hydrogen) atoms. The average molecular weight is 222 g/mol. The molecule has 4 heteroatoms. The van der Waals surface area contributed by atoms with Gasteiger partial charge in [0.1, 0.15) is 18.0 Å². The normalized spacial score (nSPS) is 11.7. The third-order valence-electron chi connectivity index (χ3n) is 2.44. The number of nitrogens with zero attached hydrogens (tertiary/aromatic N) is 3. The maximum Gasteiger partial charge on any atom is 0.134 e. The molecule has 1 N–H and O–H groups in total. The maximum absolute atomic E-state index is 4.29. The Balaban J connectivity index is 2.90. The van der Waals surface area contributed by atoms with Crippen LogP contribution in [0.3, 0.4) is 0 Å². The lowest BCUT2D eigenvalue weighted by Gasteiger charge is -2.33. The molecule has 1 heterocycles. The zero-order valence-corrected chi connectivity index (χ0v) is 11.1. The fourth-order valence-corrected chi connectivity index (χ4v) is 1.25. The standard InChI is InChI=1S/C12H22N4/c1-9(2)15-10-7-11(14-8-13-10)16(6)12(3,4)5/h7-9H,1-6H3,(H,13,14,15). The molecule has 0 fully saturated rings. The summed E-state index contributed by atoms with van der Waals surface area (Å²) in [6.07, 6.45) is 1.60. The van der Waals surface area contributed by atoms with Gasteiger partial charge < -0.3 is 10.2 Å². The Bertz CT molecular complexity index is 341. The molecule has 90 valence electrons. The molecule has 0 spiro atoms. The van der Waals surface area contributed by atoms with E-state index in [9.17, 15) is 0 Å². The van der Waals surface area contributed by atoms with Crippen molar-refractivity contribution in [3.8, 4) is 0 Å². The third kappa shape index (κ3) is 3.36. The molecule has 0 aliphatic carbocycles. The number of anilines is 2. The van der Waals surface area contributed by atoms with E-state index in [0.717, 1.165) is 11.6 Å². The first kappa shape index (κ1) is 12.7. The lowest BCUT2D eigenvalue weighted by Crippen LogP contribution is -2.38. The second-order valence-corrected chi connectivity index (χ2v) is 5.29. The van der Waals surface area contributed by atoms with E-state index in [-0.39, 0.29) is 5.54 Å². The van der Waals surface area contributed by atoms with E-state index in [1.807, 2.05) is 13.1 Å². The van der Waals surface area contributed by atoms with E-state index in [1.54, 1.807) is 6.33 Å². The molecule has 0 saturated carbocycles. The Hall–Kier alpha value is -1.32. The molecule has 0 saturated heterocycles. The van der Waals surface area contributed by atoms with Gasteiger partial charge in [0.2, 0.25) is 0 Å². The predicted octanol–water partition coefficient (Wildman–Crippen LogP) is 2.53. The van der Waals surface area contributed by atoms with Crippen LogP contribution in [0.4, 0.5) is 11.6 Å². The summed E-state index contributed by atoms with van der Waals surface area (Å²) in [5.74, 6) is 1.81. The Kier molecular flexibility index (Phi) is 3.73. The van der Waals surface area contributed by atoms with Crippen LogP contribution in [0.2, 0.25) is 0 Å². The Morgan fingerprint density at radius 2 is 1.88 bits per heavy atom. The summed E-state index contributed by atoms with van der Waals surface area (Å²) in [4.78, 5) is 10.6. The maximum atomic E-state index is 4.29. The SMILES string of the molecule is CC(C)Nc1cc(N(C)C(C)(C)C)ncn1. The largest absolute Gasteiger partial charge is 0.368 e. The van der Waals surface area contributed by atoms with Crippen molar-refractivity contribution >= 4 is 11.6 Å². The van der Waals surface area contributed by atoms with Gasteiger partial charge in [-0.1, -0.05) is 0 Å². The van der Waals surface area contributed by atoms with Crippen LogP contribution in [-0.4, -0.2) is 28.6 Å². The van der Waals surface area contributed by atoms with Crippen molar-refractivity contribution in [1.82, 2.24) is 9.97 Å². The van der Waals surface area contributed by atoms with E-state index >= 15 is 0 Å². The zero-order valence-electron chi connectivity index (χ0n) is 11.1. The van der Waals surface area contributed by atoms with Crippen molar-refractivity contribution in [1.29, 1.82) is 0 Å². The van der Waals surface area contributed by atoms with Crippen LogP contribution in [0.1, 0.15) is 34.6 Å². The lowest BCUT2D eigenvalue weighted by molar-refractivity contribution is 0.533. The van der Waals surface area contributed by atoms with Crippen molar-refractivity contribution in [2.24, 2.45) is 0 Å². The van der Waals surface area contributed by atoms with Crippen LogP contribution in [-0.2, 0) is 0 Å². The minimum atomic E-state index is 0.0590. The second-order valence-electron chi connectivity index (χ2n) is 5.29. The topological polar surface area (TPSA) is 41.0 Å². The van der Waals surface area contributed by atoms with Crippen LogP contribution < -0.4 is 10.2 Å². The molecule has 1 aromatic rings. The van der Waals surface area contributed by atoms with Crippen molar-refractivity contribution in [2.75, 3.05) is 17.3 Å². The van der Waals surface area contributed by atoms with E-state index in [0.29, 0.717) is 6.04 Å². The number of hydrogen-bond donors (Lipinski definition) is 1. The van der Waals surface area contributed by atoms with E-state index in [2.05, 4.69) is 54.8 Å². The fourth-order valence-electron chi connectivity index (χ4n) is 1.25. The molecule has 0 aliphatic heterocycles. The molecule has 0 aromatic carbocycles. The van der Waals surface area contributed by atoms with Gasteiger partial charge in [0.05, 0.1) is 0 Å². The summed E-state index contributed by atoms with van der Waals surface area (Å²) < 4.78 is 0. The van der Waals surface area contributed by atoms with Gasteiger partial charge in [-0.3, -0.25) is 0 Å². The summed E-state index contributed by atoms with van der Waals surface area (Å²) in [7, 11) is 2.04. The molecule has 1 aromatic heterocycles. The van der Waals surface area contributed by atoms with Gasteiger partial charge in [-0.15, -0.1) is 0 Å². The molecule has 4 nitrogen and oxygen atoms in total. The molecule has 0 atom stereocenters. The van der Waals surface area contributed by atoms with Gasteiger partial charge >= 0.3 is 0 Å². The first-order valence-electron chi connectivity index (χ1n) is 5.63. The molecule has 0 unspecified atom stereocenters. The number of aromatic nitrogens is 2. The minimum Gasteiger partial charge on any atom is -0.368 e. The Morgan fingerprint density at radius 3 is 2.38 bits per heavy atom. The molecule has 0 amide bonds. The van der Waals surface area contributed by atoms with Crippen molar-refractivity contribution in [3.05, 3.63) is 12.4 Å². The summed E-state index contributed by atoms with van der Waals surface area (Å²) in [5.41, 5.74) is 0.0590. The molecule has 0 bridgehead atoms. The Morgan fingerprint density at radius 1 is 1.25 bits per heavy atom. The van der Waals surface area contributed by atoms with Crippen molar-refractivity contribution in [3.63, 3.8) is 0 Å². The predicted molar refractivity (Wildman–Crippen MR) is 68.9 cm³/mol. The van der Waals surface area contributed by atoms with Crippen LogP contribution in [0.15, 0.2) is 12.4 Å². The highest BCUT2D eigenvalue weighted by atomic mass is 15.2. The Labute approximate surface area is 98.1 Å². The third-order valence-corrected chi connectivity index (χ3v) is 2.44. The fraction of sp³-hybridized carbons (Fsp3) is 0.667. The molecule has 1 rings (SSSR count). The van der Waals surface area contributed by atoms with Crippen LogP contribution in [0.25, 0.3) is 0 Å². The summed E-state index contributed by atoms with van der Waals surface area (Å²) in [5, 5.41) is 3.27. The van der Waals surface area contributed by atoms with Crippen molar-refractivity contribution < 1.29 is 0 Å². The van der Waals surface area contributed by atoms with Gasteiger partial charge in [-0.25, -0.2) is 9.97 Å². The zero-order chi connectivity index (χ0) is 12.3. The van der Waals surface area contributed by atoms with Gasteiger partial charge in [0.25, 0.3) is 0 Å². The van der Waals surface area contributed by atoms with Gasteiger partial charge in [0.15, 0.2) is 0 Å². The number of nitrogens with one attached hydrogen (secondary N) is 1. The molecular formula is C12H22N4. The first-order valence-corrected chi connectivity index (χ1v) is 5.63. The highest BCUT2D eigenvalue weighted by molar-refractivity contribution is 5.49. The average Bonchev–Trinajstić information content (AvgIpc) is 2.14. The minimum absolute atomic E-state index is 0.0590. The van der Waals surface area contributed by atoms with Crippen LogP contribution in [0.5, 0.6) is 0 Å². The number of rotatable bonds is 3. The quantitative estimate of drug-likeness (QED) is 0.853. The summed E-state index contributed by atoms with van der Waals surface area (Å²) in [6.45, 7) is 10.7. The monoisotopic (exact) mass is 222 g/mol. The van der Waals surface area contributed by atoms with Gasteiger partial charge in [-0.05, 0) is 34.6 Å². The smallest absolute Gasteiger partial charge is 0.134 e. The summed E-state index contributed by atoms with van der Waals surface area (Å²) >= 11 is 0. The highest BCUT2D eigenvalue weighted by Gasteiger charge is 2.18. The lowest BCUT2D eigenvalue weighted by atomic mass is 10.1. The van der Waals surface area contributed by atoms with Gasteiger partial charge in [-0.2, -0.15) is 0 Å². The summed E-state index contributed by atoms with van der Waals surface area (Å²) in [6, 6.07) is 2.35. The van der Waals surface area contributed by atoms with E-state index < -0.39 is 0 Å². The van der Waals surface area contributed by atoms with Crippen LogP contribution in [0, 0.1) is 0 Å². The molecular weight excluding hydrogens is 200 g/mol. The van der Waals surface area contributed by atoms with Gasteiger partial charge in [0, 0.05) is 24.7 Å². The highest BCUT2D eigenvalue weighted by Crippen LogP contribution is 2.20. The van der Waals surface area contributed by atoms with Crippen molar-refractivity contribution in [2.45, 2.75) is 46.2 Å². The van der Waals surface area contributed by atoms with E-state index in [4.69, 9.17) is 0 Å². The number of hydrogen-bond acceptors (Lipinski definition) is 4. The molecule has 0 aliphatic rings. The van der Waals surface area contributed by atoms with Crippen LogP contribution >= 0.6 is 0 Å². The molecule has 0 radical (unpaired) electrons. The van der Waals surface area contributed by atoms with E-state index in [1.165, 1.54) is 0 Å². The first-order chi connectivity index (χ1) is 7.30.